The predicted octanol–water partition coefficient (Wildman–Crippen LogP) is 2.94. The molecule has 2 aliphatic rings. The molecular formula is C14H17Cl2NO5S. The molecule has 23 heavy (non-hydrogen) atoms. The van der Waals surface area contributed by atoms with Crippen molar-refractivity contribution in [3.05, 3.63) is 33.8 Å². The zero-order valence-corrected chi connectivity index (χ0v) is 14.5. The summed E-state index contributed by atoms with van der Waals surface area (Å²) >= 11 is 12.2. The number of hydrogen-bond donors (Lipinski definition) is 1. The summed E-state index contributed by atoms with van der Waals surface area (Å²) in [6.07, 6.45) is 2.32. The van der Waals surface area contributed by atoms with Gasteiger partial charge in [0, 0.05) is 28.5 Å². The van der Waals surface area contributed by atoms with E-state index in [0.29, 0.717) is 15.6 Å². The van der Waals surface area contributed by atoms with Crippen LogP contribution in [0.3, 0.4) is 0 Å². The second kappa shape index (κ2) is 6.48. The van der Waals surface area contributed by atoms with E-state index in [0.717, 1.165) is 25.7 Å². The molecule has 2 atom stereocenters. The van der Waals surface area contributed by atoms with Gasteiger partial charge in [0.05, 0.1) is 6.61 Å². The molecule has 2 fully saturated rings. The van der Waals surface area contributed by atoms with Gasteiger partial charge in [-0.3, -0.25) is 4.18 Å². The molecule has 3 rings (SSSR count). The zero-order chi connectivity index (χ0) is 16.7. The lowest BCUT2D eigenvalue weighted by atomic mass is 10.1. The van der Waals surface area contributed by atoms with E-state index in [9.17, 15) is 8.42 Å². The highest BCUT2D eigenvalue weighted by Crippen LogP contribution is 2.48. The van der Waals surface area contributed by atoms with E-state index in [4.69, 9.17) is 42.0 Å². The molecule has 1 saturated heterocycles. The summed E-state index contributed by atoms with van der Waals surface area (Å²) in [5.74, 6) is -0.708. The Balaban J connectivity index is 1.87. The van der Waals surface area contributed by atoms with E-state index in [-0.39, 0.29) is 6.61 Å². The molecule has 1 unspecified atom stereocenters. The second-order valence-corrected chi connectivity index (χ2v) is 7.82. The second-order valence-electron chi connectivity index (χ2n) is 5.76. The average Bonchev–Trinajstić information content (AvgIpc) is 3.04. The van der Waals surface area contributed by atoms with E-state index in [1.165, 1.54) is 0 Å². The Morgan fingerprint density at radius 1 is 1.26 bits per heavy atom. The fourth-order valence-corrected chi connectivity index (χ4v) is 3.94. The molecule has 0 aromatic heterocycles. The number of hydrogen-bond acceptors (Lipinski definition) is 5. The monoisotopic (exact) mass is 381 g/mol. The summed E-state index contributed by atoms with van der Waals surface area (Å²) in [6.45, 7) is -0.232. The summed E-state index contributed by atoms with van der Waals surface area (Å²) in [5, 5.41) is 5.84. The molecule has 9 heteroatoms. The Morgan fingerprint density at radius 2 is 1.96 bits per heavy atom. The van der Waals surface area contributed by atoms with Gasteiger partial charge in [-0.1, -0.05) is 29.3 Å². The van der Waals surface area contributed by atoms with E-state index in [1.807, 2.05) is 0 Å². The van der Waals surface area contributed by atoms with Crippen molar-refractivity contribution < 1.29 is 22.1 Å². The molecule has 1 aliphatic heterocycles. The van der Waals surface area contributed by atoms with Crippen LogP contribution in [-0.2, 0) is 24.0 Å². The molecule has 0 radical (unpaired) electrons. The third kappa shape index (κ3) is 3.99. The van der Waals surface area contributed by atoms with Gasteiger partial charge in [-0.25, -0.2) is 5.14 Å². The van der Waals surface area contributed by atoms with Crippen LogP contribution in [0.15, 0.2) is 18.2 Å². The minimum atomic E-state index is -4.06. The van der Waals surface area contributed by atoms with E-state index in [2.05, 4.69) is 0 Å². The molecular weight excluding hydrogens is 365 g/mol. The van der Waals surface area contributed by atoms with Crippen molar-refractivity contribution in [2.45, 2.75) is 43.7 Å². The third-order valence-corrected chi connectivity index (χ3v) is 5.10. The number of nitrogens with two attached hydrogens (primary N) is 1. The third-order valence-electron chi connectivity index (χ3n) is 4.08. The van der Waals surface area contributed by atoms with Crippen LogP contribution < -0.4 is 5.14 Å². The Labute approximate surface area is 145 Å². The fourth-order valence-electron chi connectivity index (χ4n) is 3.10. The van der Waals surface area contributed by atoms with E-state index < -0.39 is 28.3 Å². The topological polar surface area (TPSA) is 87.9 Å². The Bertz CT molecular complexity index is 690. The molecule has 0 bridgehead atoms. The van der Waals surface area contributed by atoms with E-state index in [1.54, 1.807) is 18.2 Å². The molecule has 1 aliphatic carbocycles. The molecule has 1 aromatic rings. The van der Waals surface area contributed by atoms with Crippen LogP contribution in [-0.4, -0.2) is 26.9 Å². The van der Waals surface area contributed by atoms with Crippen LogP contribution in [0.1, 0.15) is 37.4 Å². The maximum atomic E-state index is 11.1. The molecule has 1 aromatic carbocycles. The molecule has 2 N–H and O–H groups in total. The minimum Gasteiger partial charge on any atom is -0.341 e. The van der Waals surface area contributed by atoms with Crippen molar-refractivity contribution >= 4 is 33.5 Å². The largest absolute Gasteiger partial charge is 0.341 e. The van der Waals surface area contributed by atoms with Crippen molar-refractivity contribution in [1.82, 2.24) is 0 Å². The first kappa shape index (κ1) is 17.4. The fraction of sp³-hybridized carbons (Fsp3) is 0.571. The average molecular weight is 382 g/mol. The van der Waals surface area contributed by atoms with Crippen LogP contribution in [0.25, 0.3) is 0 Å². The highest BCUT2D eigenvalue weighted by atomic mass is 35.5. The summed E-state index contributed by atoms with van der Waals surface area (Å²) in [5.41, 5.74) is 0.683. The first-order valence-electron chi connectivity index (χ1n) is 7.26. The molecule has 1 saturated carbocycles. The number of halogens is 2. The summed E-state index contributed by atoms with van der Waals surface area (Å²) in [4.78, 5) is 0. The zero-order valence-electron chi connectivity index (χ0n) is 12.2. The van der Waals surface area contributed by atoms with E-state index >= 15 is 0 Å². The number of benzene rings is 1. The van der Waals surface area contributed by atoms with Crippen molar-refractivity contribution in [2.24, 2.45) is 5.14 Å². The predicted molar refractivity (Wildman–Crippen MR) is 85.4 cm³/mol. The van der Waals surface area contributed by atoms with Crippen molar-refractivity contribution in [3.63, 3.8) is 0 Å². The Kier molecular flexibility index (Phi) is 4.90. The van der Waals surface area contributed by atoms with Crippen LogP contribution in [0.4, 0.5) is 0 Å². The van der Waals surface area contributed by atoms with Gasteiger partial charge in [0.25, 0.3) is 0 Å². The van der Waals surface area contributed by atoms with Gasteiger partial charge in [-0.05, 0) is 25.0 Å². The van der Waals surface area contributed by atoms with Crippen molar-refractivity contribution in [3.8, 4) is 0 Å². The van der Waals surface area contributed by atoms with Gasteiger partial charge in [0.15, 0.2) is 5.79 Å². The van der Waals surface area contributed by atoms with Gasteiger partial charge in [0.2, 0.25) is 0 Å². The quantitative estimate of drug-likeness (QED) is 0.865. The smallest absolute Gasteiger partial charge is 0.333 e. The molecule has 1 spiro atoms. The van der Waals surface area contributed by atoms with Gasteiger partial charge >= 0.3 is 10.3 Å². The van der Waals surface area contributed by atoms with Gasteiger partial charge in [-0.15, -0.1) is 0 Å². The van der Waals surface area contributed by atoms with Crippen LogP contribution in [0, 0.1) is 0 Å². The Hall–Kier alpha value is -0.410. The van der Waals surface area contributed by atoms with Gasteiger partial charge < -0.3 is 9.47 Å². The number of rotatable bonds is 4. The Morgan fingerprint density at radius 3 is 2.57 bits per heavy atom. The summed E-state index contributed by atoms with van der Waals surface area (Å²) in [7, 11) is -4.06. The highest BCUT2D eigenvalue weighted by molar-refractivity contribution is 7.84. The molecule has 1 heterocycles. The normalized spacial score (nSPS) is 26.9. The van der Waals surface area contributed by atoms with Crippen molar-refractivity contribution in [2.75, 3.05) is 6.61 Å². The maximum absolute atomic E-state index is 11.1. The lowest BCUT2D eigenvalue weighted by Gasteiger charge is -2.22. The highest BCUT2D eigenvalue weighted by Gasteiger charge is 2.50. The first-order valence-corrected chi connectivity index (χ1v) is 9.48. The van der Waals surface area contributed by atoms with Crippen LogP contribution in [0.2, 0.25) is 10.0 Å². The van der Waals surface area contributed by atoms with Crippen LogP contribution >= 0.6 is 23.2 Å². The lowest BCUT2D eigenvalue weighted by molar-refractivity contribution is -0.171. The SMILES string of the molecule is NS(=O)(=O)OC[C@H]1OC2(CCCC2)OC1c1ccc(Cl)cc1Cl. The maximum Gasteiger partial charge on any atom is 0.333 e. The molecule has 0 amide bonds. The first-order chi connectivity index (χ1) is 10.8. The summed E-state index contributed by atoms with van der Waals surface area (Å²) < 4.78 is 39.0. The summed E-state index contributed by atoms with van der Waals surface area (Å²) in [6, 6.07) is 5.05. The van der Waals surface area contributed by atoms with Gasteiger partial charge in [-0.2, -0.15) is 8.42 Å². The van der Waals surface area contributed by atoms with Gasteiger partial charge in [0.1, 0.15) is 12.2 Å². The van der Waals surface area contributed by atoms with Crippen molar-refractivity contribution in [1.29, 1.82) is 0 Å². The number of ether oxygens (including phenoxy) is 2. The molecule has 6 nitrogen and oxygen atoms in total. The minimum absolute atomic E-state index is 0.232. The van der Waals surface area contributed by atoms with Crippen LogP contribution in [0.5, 0.6) is 0 Å². The standard InChI is InChI=1S/C14H17Cl2NO5S/c15-9-3-4-10(11(16)7-9)13-12(8-20-23(17,18)19)21-14(22-13)5-1-2-6-14/h3-4,7,12-13H,1-2,5-6,8H2,(H2,17,18,19)/t12-,13?/m1/s1. The lowest BCUT2D eigenvalue weighted by Crippen LogP contribution is -2.29. The molecule has 128 valence electrons.